The third-order valence-corrected chi connectivity index (χ3v) is 6.57. The highest BCUT2D eigenvalue weighted by Gasteiger charge is 2.41. The van der Waals surface area contributed by atoms with Crippen LogP contribution in [-0.4, -0.2) is 32.1 Å². The molecule has 31 heavy (non-hydrogen) atoms. The van der Waals surface area contributed by atoms with E-state index in [4.69, 9.17) is 14.2 Å². The van der Waals surface area contributed by atoms with E-state index in [0.29, 0.717) is 29.1 Å². The average molecular weight is 426 g/mol. The minimum atomic E-state index is -0.513. The molecule has 1 saturated carbocycles. The number of ketones is 1. The lowest BCUT2D eigenvalue weighted by Crippen LogP contribution is -2.35. The lowest BCUT2D eigenvalue weighted by molar-refractivity contribution is -0.146. The highest BCUT2D eigenvalue weighted by molar-refractivity contribution is 6.04. The molecule has 2 aliphatic carbocycles. The number of allylic oxidation sites excluding steroid dienone is 3. The fourth-order valence-corrected chi connectivity index (χ4v) is 5.02. The number of hydrogen-bond donors (Lipinski definition) is 1. The van der Waals surface area contributed by atoms with E-state index in [2.05, 4.69) is 5.32 Å². The third-order valence-electron chi connectivity index (χ3n) is 6.57. The van der Waals surface area contributed by atoms with E-state index in [-0.39, 0.29) is 17.9 Å². The van der Waals surface area contributed by atoms with Gasteiger partial charge in [-0.15, -0.1) is 0 Å². The van der Waals surface area contributed by atoms with Gasteiger partial charge in [-0.25, -0.2) is 4.79 Å². The van der Waals surface area contributed by atoms with Crippen LogP contribution >= 0.6 is 0 Å². The van der Waals surface area contributed by atoms with Crippen LogP contribution in [0.25, 0.3) is 0 Å². The number of methoxy groups -OCH3 is 2. The first kappa shape index (κ1) is 21.5. The lowest BCUT2D eigenvalue weighted by Gasteiger charge is -2.35. The molecule has 0 bridgehead atoms. The molecule has 1 aromatic carbocycles. The molecule has 1 aliphatic heterocycles. The Balaban J connectivity index is 1.79. The Morgan fingerprint density at radius 1 is 1.03 bits per heavy atom. The van der Waals surface area contributed by atoms with Gasteiger partial charge in [-0.3, -0.25) is 4.79 Å². The Morgan fingerprint density at radius 3 is 2.52 bits per heavy atom. The van der Waals surface area contributed by atoms with Gasteiger partial charge in [0.05, 0.1) is 25.7 Å². The normalized spacial score (nSPS) is 22.0. The quantitative estimate of drug-likeness (QED) is 0.698. The molecule has 0 aromatic heterocycles. The average Bonchev–Trinajstić information content (AvgIpc) is 2.78. The Bertz CT molecular complexity index is 939. The summed E-state index contributed by atoms with van der Waals surface area (Å²) in [6.45, 7) is 1.89. The van der Waals surface area contributed by atoms with E-state index >= 15 is 0 Å². The highest BCUT2D eigenvalue weighted by Crippen LogP contribution is 2.46. The Hall–Kier alpha value is -2.76. The number of benzene rings is 1. The van der Waals surface area contributed by atoms with Crippen molar-refractivity contribution in [1.29, 1.82) is 0 Å². The molecule has 1 aromatic rings. The molecule has 4 rings (SSSR count). The number of nitrogens with one attached hydrogen (secondary N) is 1. The Kier molecular flexibility index (Phi) is 6.35. The monoisotopic (exact) mass is 425 g/mol. The minimum Gasteiger partial charge on any atom is -0.497 e. The number of dihydropyridines is 1. The van der Waals surface area contributed by atoms with E-state index < -0.39 is 5.92 Å². The molecular weight excluding hydrogens is 394 g/mol. The summed E-state index contributed by atoms with van der Waals surface area (Å²) in [5.41, 5.74) is 3.60. The van der Waals surface area contributed by atoms with Crippen molar-refractivity contribution in [2.75, 3.05) is 14.2 Å². The number of carbonyl (C=O) groups excluding carboxylic acids is 2. The maximum Gasteiger partial charge on any atom is 0.337 e. The van der Waals surface area contributed by atoms with E-state index in [0.717, 1.165) is 55.5 Å². The molecule has 1 heterocycles. The molecule has 1 atom stereocenters. The van der Waals surface area contributed by atoms with Gasteiger partial charge >= 0.3 is 5.97 Å². The van der Waals surface area contributed by atoms with Gasteiger partial charge in [0.25, 0.3) is 0 Å². The predicted octanol–water partition coefficient (Wildman–Crippen LogP) is 4.55. The molecule has 1 unspecified atom stereocenters. The fourth-order valence-electron chi connectivity index (χ4n) is 5.02. The van der Waals surface area contributed by atoms with E-state index in [1.807, 2.05) is 19.1 Å². The third kappa shape index (κ3) is 4.21. The van der Waals surface area contributed by atoms with Crippen LogP contribution in [0.3, 0.4) is 0 Å². The van der Waals surface area contributed by atoms with Crippen molar-refractivity contribution in [3.63, 3.8) is 0 Å². The summed E-state index contributed by atoms with van der Waals surface area (Å²) >= 11 is 0. The molecule has 0 radical (unpaired) electrons. The zero-order valence-corrected chi connectivity index (χ0v) is 18.6. The van der Waals surface area contributed by atoms with Crippen LogP contribution < -0.4 is 14.8 Å². The van der Waals surface area contributed by atoms with Gasteiger partial charge in [0.15, 0.2) is 5.78 Å². The lowest BCUT2D eigenvalue weighted by atomic mass is 9.75. The molecule has 1 fully saturated rings. The molecular formula is C25H31NO5. The molecule has 3 aliphatic rings. The van der Waals surface area contributed by atoms with Crippen molar-refractivity contribution in [1.82, 2.24) is 5.32 Å². The maximum absolute atomic E-state index is 13.4. The van der Waals surface area contributed by atoms with Crippen LogP contribution in [0.4, 0.5) is 0 Å². The molecule has 0 saturated heterocycles. The number of carbonyl (C=O) groups is 2. The van der Waals surface area contributed by atoms with Crippen LogP contribution in [0.1, 0.15) is 69.8 Å². The van der Waals surface area contributed by atoms with Crippen molar-refractivity contribution in [3.8, 4) is 11.5 Å². The van der Waals surface area contributed by atoms with Gasteiger partial charge in [-0.2, -0.15) is 0 Å². The van der Waals surface area contributed by atoms with Crippen LogP contribution in [0.2, 0.25) is 0 Å². The smallest absolute Gasteiger partial charge is 0.337 e. The first-order valence-electron chi connectivity index (χ1n) is 11.2. The number of rotatable bonds is 5. The summed E-state index contributed by atoms with van der Waals surface area (Å²) in [5.74, 6) is 0.468. The molecule has 0 spiro atoms. The molecule has 6 heteroatoms. The fraction of sp³-hybridized carbons (Fsp3) is 0.520. The van der Waals surface area contributed by atoms with Gasteiger partial charge in [0.1, 0.15) is 17.6 Å². The molecule has 0 amide bonds. The maximum atomic E-state index is 13.4. The standard InChI is InChI=1S/C25H31NO5/c1-15-22(25(28)31-16-8-5-4-6-9-16)23(24-19(26-15)10-7-11-20(24)27)18-13-12-17(29-2)14-21(18)30-3/h12-14,16,23,26H,4-11H2,1-3H3. The van der Waals surface area contributed by atoms with Gasteiger partial charge in [0, 0.05) is 35.0 Å². The molecule has 6 nitrogen and oxygen atoms in total. The number of Topliss-reactive ketones (excluding diaryl/α,β-unsaturated/α-hetero) is 1. The van der Waals surface area contributed by atoms with Gasteiger partial charge in [0.2, 0.25) is 0 Å². The van der Waals surface area contributed by atoms with Crippen LogP contribution in [0.5, 0.6) is 11.5 Å². The van der Waals surface area contributed by atoms with Gasteiger partial charge in [-0.1, -0.05) is 12.5 Å². The van der Waals surface area contributed by atoms with Crippen LogP contribution in [0, 0.1) is 0 Å². The van der Waals surface area contributed by atoms with Crippen molar-refractivity contribution >= 4 is 11.8 Å². The summed E-state index contributed by atoms with van der Waals surface area (Å²) in [5, 5.41) is 3.35. The minimum absolute atomic E-state index is 0.0580. The summed E-state index contributed by atoms with van der Waals surface area (Å²) < 4.78 is 17.0. The topological polar surface area (TPSA) is 73.9 Å². The van der Waals surface area contributed by atoms with Crippen molar-refractivity contribution in [3.05, 3.63) is 46.3 Å². The zero-order chi connectivity index (χ0) is 22.0. The summed E-state index contributed by atoms with van der Waals surface area (Å²) in [4.78, 5) is 26.5. The van der Waals surface area contributed by atoms with Crippen molar-refractivity contribution in [2.45, 2.75) is 70.3 Å². The highest BCUT2D eigenvalue weighted by atomic mass is 16.5. The van der Waals surface area contributed by atoms with Crippen LogP contribution in [-0.2, 0) is 14.3 Å². The van der Waals surface area contributed by atoms with E-state index in [1.165, 1.54) is 6.42 Å². The molecule has 1 N–H and O–H groups in total. The van der Waals surface area contributed by atoms with E-state index in [9.17, 15) is 9.59 Å². The van der Waals surface area contributed by atoms with Crippen LogP contribution in [0.15, 0.2) is 40.7 Å². The SMILES string of the molecule is COc1ccc(C2C(C(=O)OC3CCCCC3)=C(C)NC3=C2C(=O)CCC3)c(OC)c1. The second-order valence-electron chi connectivity index (χ2n) is 8.54. The Labute approximate surface area is 183 Å². The van der Waals surface area contributed by atoms with Crippen molar-refractivity contribution in [2.24, 2.45) is 0 Å². The number of ether oxygens (including phenoxy) is 3. The largest absolute Gasteiger partial charge is 0.497 e. The number of esters is 1. The van der Waals surface area contributed by atoms with Crippen molar-refractivity contribution < 1.29 is 23.8 Å². The summed E-state index contributed by atoms with van der Waals surface area (Å²) in [6, 6.07) is 5.53. The second-order valence-corrected chi connectivity index (χ2v) is 8.54. The Morgan fingerprint density at radius 2 is 1.81 bits per heavy atom. The van der Waals surface area contributed by atoms with Gasteiger partial charge in [-0.05, 0) is 51.5 Å². The summed E-state index contributed by atoms with van der Waals surface area (Å²) in [6.07, 6.45) is 7.18. The number of hydrogen-bond acceptors (Lipinski definition) is 6. The first-order chi connectivity index (χ1) is 15.0. The van der Waals surface area contributed by atoms with Gasteiger partial charge < -0.3 is 19.5 Å². The van der Waals surface area contributed by atoms with E-state index in [1.54, 1.807) is 20.3 Å². The first-order valence-corrected chi connectivity index (χ1v) is 11.2. The molecule has 166 valence electrons. The summed E-state index contributed by atoms with van der Waals surface area (Å²) in [7, 11) is 3.19. The zero-order valence-electron chi connectivity index (χ0n) is 18.6. The second kappa shape index (κ2) is 9.16. The predicted molar refractivity (Wildman–Crippen MR) is 117 cm³/mol.